The fourth-order valence-corrected chi connectivity index (χ4v) is 2.74. The van der Waals surface area contributed by atoms with Crippen molar-refractivity contribution in [1.82, 2.24) is 15.0 Å². The Labute approximate surface area is 131 Å². The van der Waals surface area contributed by atoms with E-state index in [-0.39, 0.29) is 0 Å². The van der Waals surface area contributed by atoms with E-state index in [0.717, 1.165) is 43.2 Å². The van der Waals surface area contributed by atoms with Crippen LogP contribution >= 0.6 is 0 Å². The van der Waals surface area contributed by atoms with Crippen molar-refractivity contribution in [1.29, 1.82) is 0 Å². The Bertz CT molecular complexity index is 584. The summed E-state index contributed by atoms with van der Waals surface area (Å²) >= 11 is 0. The van der Waals surface area contributed by atoms with Gasteiger partial charge < -0.3 is 9.64 Å². The summed E-state index contributed by atoms with van der Waals surface area (Å²) in [6.45, 7) is 1.87. The average Bonchev–Trinajstić information content (AvgIpc) is 3.09. The summed E-state index contributed by atoms with van der Waals surface area (Å²) in [5.41, 5.74) is 1.92. The standard InChI is InChI=1S/C17H22N4O/c1-21(11-3-6-15-7-4-12-22-15)17-19-10-8-16(20-17)14-5-2-9-18-13-14/h2,5,8-10,13,15H,3-4,6-7,11-12H2,1H3/t15-/m0/s1. The van der Waals surface area contributed by atoms with Crippen LogP contribution in [0.15, 0.2) is 36.8 Å². The van der Waals surface area contributed by atoms with Crippen LogP contribution in [-0.4, -0.2) is 41.3 Å². The van der Waals surface area contributed by atoms with Crippen LogP contribution in [0.3, 0.4) is 0 Å². The molecule has 0 aromatic carbocycles. The fraction of sp³-hybridized carbons (Fsp3) is 0.471. The molecule has 0 N–H and O–H groups in total. The van der Waals surface area contributed by atoms with Crippen LogP contribution in [0.5, 0.6) is 0 Å². The molecule has 1 atom stereocenters. The highest BCUT2D eigenvalue weighted by molar-refractivity contribution is 5.58. The van der Waals surface area contributed by atoms with Crippen LogP contribution in [0.4, 0.5) is 5.95 Å². The molecule has 1 saturated heterocycles. The first-order valence-electron chi connectivity index (χ1n) is 7.89. The molecule has 0 unspecified atom stereocenters. The number of rotatable bonds is 6. The fourth-order valence-electron chi connectivity index (χ4n) is 2.74. The summed E-state index contributed by atoms with van der Waals surface area (Å²) < 4.78 is 5.66. The van der Waals surface area contributed by atoms with Gasteiger partial charge in [-0.1, -0.05) is 0 Å². The molecule has 1 aliphatic heterocycles. The van der Waals surface area contributed by atoms with Gasteiger partial charge in [-0.15, -0.1) is 0 Å². The zero-order chi connectivity index (χ0) is 15.2. The highest BCUT2D eigenvalue weighted by Crippen LogP contribution is 2.19. The molecule has 22 heavy (non-hydrogen) atoms. The van der Waals surface area contributed by atoms with Gasteiger partial charge in [-0.2, -0.15) is 0 Å². The molecule has 1 aliphatic rings. The van der Waals surface area contributed by atoms with E-state index in [1.165, 1.54) is 12.8 Å². The van der Waals surface area contributed by atoms with Crippen molar-refractivity contribution in [3.63, 3.8) is 0 Å². The van der Waals surface area contributed by atoms with E-state index in [0.29, 0.717) is 6.10 Å². The molecule has 2 aromatic rings. The molecule has 0 saturated carbocycles. The molecule has 0 spiro atoms. The van der Waals surface area contributed by atoms with Gasteiger partial charge in [-0.25, -0.2) is 9.97 Å². The van der Waals surface area contributed by atoms with E-state index in [4.69, 9.17) is 4.74 Å². The lowest BCUT2D eigenvalue weighted by atomic mass is 10.1. The van der Waals surface area contributed by atoms with Gasteiger partial charge in [0.2, 0.25) is 5.95 Å². The Balaban J connectivity index is 1.59. The SMILES string of the molecule is CN(CCC[C@H]1CCCO1)c1nccc(-c2cccnc2)n1. The molecule has 0 bridgehead atoms. The highest BCUT2D eigenvalue weighted by Gasteiger charge is 2.15. The van der Waals surface area contributed by atoms with Gasteiger partial charge in [0.05, 0.1) is 11.8 Å². The Kier molecular flexibility index (Phi) is 4.96. The summed E-state index contributed by atoms with van der Waals surface area (Å²) in [7, 11) is 2.04. The minimum Gasteiger partial charge on any atom is -0.378 e. The van der Waals surface area contributed by atoms with Gasteiger partial charge in [-0.05, 0) is 43.9 Å². The number of nitrogens with zero attached hydrogens (tertiary/aromatic N) is 4. The van der Waals surface area contributed by atoms with Crippen molar-refractivity contribution in [3.05, 3.63) is 36.8 Å². The van der Waals surface area contributed by atoms with E-state index >= 15 is 0 Å². The summed E-state index contributed by atoms with van der Waals surface area (Å²) in [6, 6.07) is 5.85. The van der Waals surface area contributed by atoms with E-state index in [1.807, 2.05) is 31.4 Å². The second-order valence-electron chi connectivity index (χ2n) is 5.68. The van der Waals surface area contributed by atoms with Gasteiger partial charge in [0.15, 0.2) is 0 Å². The average molecular weight is 298 g/mol. The van der Waals surface area contributed by atoms with Crippen LogP contribution < -0.4 is 4.90 Å². The Morgan fingerprint density at radius 1 is 1.32 bits per heavy atom. The molecular formula is C17H22N4O. The Hall–Kier alpha value is -2.01. The maximum Gasteiger partial charge on any atom is 0.225 e. The number of hydrogen-bond acceptors (Lipinski definition) is 5. The lowest BCUT2D eigenvalue weighted by Gasteiger charge is -2.18. The minimum absolute atomic E-state index is 0.455. The first-order valence-corrected chi connectivity index (χ1v) is 7.89. The third-order valence-electron chi connectivity index (χ3n) is 3.99. The first-order chi connectivity index (χ1) is 10.8. The van der Waals surface area contributed by atoms with Gasteiger partial charge in [0.1, 0.15) is 0 Å². The highest BCUT2D eigenvalue weighted by atomic mass is 16.5. The van der Waals surface area contributed by atoms with Crippen LogP contribution in [0, 0.1) is 0 Å². The van der Waals surface area contributed by atoms with Gasteiger partial charge in [0.25, 0.3) is 0 Å². The van der Waals surface area contributed by atoms with Gasteiger partial charge in [-0.3, -0.25) is 4.98 Å². The van der Waals surface area contributed by atoms with Crippen molar-refractivity contribution < 1.29 is 4.74 Å². The zero-order valence-corrected chi connectivity index (χ0v) is 13.0. The van der Waals surface area contributed by atoms with E-state index in [2.05, 4.69) is 19.9 Å². The smallest absolute Gasteiger partial charge is 0.225 e. The van der Waals surface area contributed by atoms with Crippen molar-refractivity contribution in [2.24, 2.45) is 0 Å². The Morgan fingerprint density at radius 2 is 2.27 bits per heavy atom. The van der Waals surface area contributed by atoms with Gasteiger partial charge in [0, 0.05) is 44.4 Å². The van der Waals surface area contributed by atoms with Gasteiger partial charge >= 0.3 is 0 Å². The van der Waals surface area contributed by atoms with Crippen molar-refractivity contribution >= 4 is 5.95 Å². The van der Waals surface area contributed by atoms with E-state index in [9.17, 15) is 0 Å². The van der Waals surface area contributed by atoms with Crippen LogP contribution in [0.25, 0.3) is 11.3 Å². The summed E-state index contributed by atoms with van der Waals surface area (Å²) in [5, 5.41) is 0. The number of ether oxygens (including phenoxy) is 1. The molecule has 0 amide bonds. The molecule has 0 aliphatic carbocycles. The van der Waals surface area contributed by atoms with Crippen LogP contribution in [0.2, 0.25) is 0 Å². The lowest BCUT2D eigenvalue weighted by Crippen LogP contribution is -2.22. The summed E-state index contributed by atoms with van der Waals surface area (Å²) in [5.74, 6) is 0.758. The lowest BCUT2D eigenvalue weighted by molar-refractivity contribution is 0.103. The summed E-state index contributed by atoms with van der Waals surface area (Å²) in [4.78, 5) is 15.3. The third kappa shape index (κ3) is 3.80. The first kappa shape index (κ1) is 14.9. The Morgan fingerprint density at radius 3 is 3.05 bits per heavy atom. The largest absolute Gasteiger partial charge is 0.378 e. The van der Waals surface area contributed by atoms with Crippen molar-refractivity contribution in [3.8, 4) is 11.3 Å². The molecular weight excluding hydrogens is 276 g/mol. The monoisotopic (exact) mass is 298 g/mol. The molecule has 2 aromatic heterocycles. The zero-order valence-electron chi connectivity index (χ0n) is 13.0. The van der Waals surface area contributed by atoms with Crippen LogP contribution in [-0.2, 0) is 4.74 Å². The molecule has 3 heterocycles. The van der Waals surface area contributed by atoms with Crippen molar-refractivity contribution in [2.75, 3.05) is 25.1 Å². The number of pyridine rings is 1. The maximum absolute atomic E-state index is 5.66. The molecule has 1 fully saturated rings. The molecule has 5 nitrogen and oxygen atoms in total. The van der Waals surface area contributed by atoms with E-state index in [1.54, 1.807) is 12.4 Å². The predicted octanol–water partition coefficient (Wildman–Crippen LogP) is 2.93. The topological polar surface area (TPSA) is 51.1 Å². The molecule has 0 radical (unpaired) electrons. The number of anilines is 1. The predicted molar refractivity (Wildman–Crippen MR) is 86.7 cm³/mol. The second-order valence-corrected chi connectivity index (χ2v) is 5.68. The minimum atomic E-state index is 0.455. The molecule has 3 rings (SSSR count). The van der Waals surface area contributed by atoms with Crippen molar-refractivity contribution in [2.45, 2.75) is 31.8 Å². The summed E-state index contributed by atoms with van der Waals surface area (Å²) in [6.07, 6.45) is 10.5. The number of hydrogen-bond donors (Lipinski definition) is 0. The molecule has 116 valence electrons. The maximum atomic E-state index is 5.66. The second kappa shape index (κ2) is 7.31. The quantitative estimate of drug-likeness (QED) is 0.820. The number of aromatic nitrogens is 3. The third-order valence-corrected chi connectivity index (χ3v) is 3.99. The normalized spacial score (nSPS) is 17.6. The van der Waals surface area contributed by atoms with Crippen LogP contribution in [0.1, 0.15) is 25.7 Å². The van der Waals surface area contributed by atoms with E-state index < -0.39 is 0 Å². The molecule has 5 heteroatoms.